The van der Waals surface area contributed by atoms with Crippen LogP contribution in [0.2, 0.25) is 0 Å². The van der Waals surface area contributed by atoms with Crippen LogP contribution in [0.15, 0.2) is 54.6 Å². The van der Waals surface area contributed by atoms with E-state index in [-0.39, 0.29) is 5.78 Å². The second kappa shape index (κ2) is 9.59. The van der Waals surface area contributed by atoms with E-state index < -0.39 is 12.0 Å². The first kappa shape index (κ1) is 18.7. The molecule has 1 atom stereocenters. The molecule has 2 aromatic rings. The van der Waals surface area contributed by atoms with Crippen molar-refractivity contribution in [1.29, 1.82) is 0 Å². The normalized spacial score (nSPS) is 11.7. The number of para-hydroxylation sites is 1. The summed E-state index contributed by atoms with van der Waals surface area (Å²) in [5, 5.41) is 9.29. The summed E-state index contributed by atoms with van der Waals surface area (Å²) in [6.07, 6.45) is 1.84. The van der Waals surface area contributed by atoms with Crippen LogP contribution in [0.25, 0.3) is 0 Å². The van der Waals surface area contributed by atoms with E-state index in [1.54, 1.807) is 24.3 Å². The number of aliphatic hydroxyl groups is 1. The van der Waals surface area contributed by atoms with Gasteiger partial charge in [0, 0.05) is 12.0 Å². The number of ether oxygens (including phenoxy) is 1. The lowest BCUT2D eigenvalue weighted by molar-refractivity contribution is -0.126. The topological polar surface area (TPSA) is 89.6 Å². The van der Waals surface area contributed by atoms with Crippen LogP contribution in [0.3, 0.4) is 0 Å². The Balaban J connectivity index is 1.74. The zero-order valence-corrected chi connectivity index (χ0v) is 14.1. The van der Waals surface area contributed by atoms with Crippen molar-refractivity contribution in [1.82, 2.24) is 0 Å². The van der Waals surface area contributed by atoms with Crippen molar-refractivity contribution in [2.45, 2.75) is 38.2 Å². The lowest BCUT2D eigenvalue weighted by Crippen LogP contribution is -2.27. The SMILES string of the molecule is NC(=O)C(O)CCCCCC(=O)c1ccc(Oc2ccccc2)cc1. The lowest BCUT2D eigenvalue weighted by Gasteiger charge is -2.07. The molecule has 0 aromatic heterocycles. The van der Waals surface area contributed by atoms with Gasteiger partial charge in [-0.25, -0.2) is 0 Å². The summed E-state index contributed by atoms with van der Waals surface area (Å²) in [6, 6.07) is 16.5. The van der Waals surface area contributed by atoms with Crippen LogP contribution in [-0.2, 0) is 4.79 Å². The van der Waals surface area contributed by atoms with Crippen LogP contribution in [0.4, 0.5) is 0 Å². The first-order chi connectivity index (χ1) is 12.1. The number of hydrogen-bond donors (Lipinski definition) is 2. The van der Waals surface area contributed by atoms with Gasteiger partial charge in [-0.2, -0.15) is 0 Å². The van der Waals surface area contributed by atoms with E-state index in [0.29, 0.717) is 37.0 Å². The number of nitrogens with two attached hydrogens (primary N) is 1. The Kier molecular flexibility index (Phi) is 7.16. The molecule has 0 saturated carbocycles. The molecule has 0 spiro atoms. The molecule has 0 bridgehead atoms. The molecular formula is C20H23NO4. The van der Waals surface area contributed by atoms with Crippen molar-refractivity contribution in [2.24, 2.45) is 5.73 Å². The third kappa shape index (κ3) is 6.39. The smallest absolute Gasteiger partial charge is 0.246 e. The van der Waals surface area contributed by atoms with Crippen LogP contribution in [-0.4, -0.2) is 22.9 Å². The Morgan fingerprint density at radius 1 is 0.920 bits per heavy atom. The minimum absolute atomic E-state index is 0.0710. The van der Waals surface area contributed by atoms with Gasteiger partial charge in [0.1, 0.15) is 17.6 Å². The molecule has 0 saturated heterocycles. The summed E-state index contributed by atoms with van der Waals surface area (Å²) < 4.78 is 5.70. The second-order valence-corrected chi connectivity index (χ2v) is 5.88. The Labute approximate surface area is 147 Å². The zero-order chi connectivity index (χ0) is 18.1. The van der Waals surface area contributed by atoms with E-state index in [0.717, 1.165) is 12.2 Å². The molecular weight excluding hydrogens is 318 g/mol. The van der Waals surface area contributed by atoms with Gasteiger partial charge in [-0.3, -0.25) is 9.59 Å². The Morgan fingerprint density at radius 2 is 1.56 bits per heavy atom. The average Bonchev–Trinajstić information content (AvgIpc) is 2.62. The van der Waals surface area contributed by atoms with Crippen molar-refractivity contribution in [3.63, 3.8) is 0 Å². The summed E-state index contributed by atoms with van der Waals surface area (Å²) in [7, 11) is 0. The van der Waals surface area contributed by atoms with Gasteiger partial charge in [0.25, 0.3) is 0 Å². The lowest BCUT2D eigenvalue weighted by atomic mass is 10.0. The molecule has 0 aliphatic heterocycles. The average molecular weight is 341 g/mol. The van der Waals surface area contributed by atoms with Crippen LogP contribution < -0.4 is 10.5 Å². The molecule has 0 fully saturated rings. The van der Waals surface area contributed by atoms with Gasteiger partial charge in [0.05, 0.1) is 0 Å². The van der Waals surface area contributed by atoms with Gasteiger partial charge in [-0.05, 0) is 49.2 Å². The molecule has 132 valence electrons. The molecule has 2 rings (SSSR count). The molecule has 2 aromatic carbocycles. The van der Waals surface area contributed by atoms with Crippen molar-refractivity contribution < 1.29 is 19.4 Å². The number of carbonyl (C=O) groups excluding carboxylic acids is 2. The van der Waals surface area contributed by atoms with Gasteiger partial charge >= 0.3 is 0 Å². The third-order valence-electron chi connectivity index (χ3n) is 3.87. The van der Waals surface area contributed by atoms with E-state index in [9.17, 15) is 14.7 Å². The molecule has 5 heteroatoms. The Hall–Kier alpha value is -2.66. The first-order valence-electron chi connectivity index (χ1n) is 8.40. The fraction of sp³-hybridized carbons (Fsp3) is 0.300. The van der Waals surface area contributed by atoms with Gasteiger partial charge in [0.15, 0.2) is 5.78 Å². The Bertz CT molecular complexity index is 683. The van der Waals surface area contributed by atoms with Gasteiger partial charge < -0.3 is 15.6 Å². The number of unbranched alkanes of at least 4 members (excludes halogenated alkanes) is 2. The number of rotatable bonds is 10. The number of hydrogen-bond acceptors (Lipinski definition) is 4. The van der Waals surface area contributed by atoms with Gasteiger partial charge in [0.2, 0.25) is 5.91 Å². The quantitative estimate of drug-likeness (QED) is 0.511. The fourth-order valence-electron chi connectivity index (χ4n) is 2.42. The number of amides is 1. The van der Waals surface area contributed by atoms with Crippen LogP contribution in [0.1, 0.15) is 42.5 Å². The van der Waals surface area contributed by atoms with Gasteiger partial charge in [-0.1, -0.05) is 31.0 Å². The first-order valence-corrected chi connectivity index (χ1v) is 8.40. The summed E-state index contributed by atoms with van der Waals surface area (Å²) in [4.78, 5) is 22.9. The van der Waals surface area contributed by atoms with E-state index >= 15 is 0 Å². The maximum absolute atomic E-state index is 12.2. The second-order valence-electron chi connectivity index (χ2n) is 5.88. The number of primary amides is 1. The van der Waals surface area contributed by atoms with Crippen molar-refractivity contribution in [2.75, 3.05) is 0 Å². The van der Waals surface area contributed by atoms with Crippen molar-refractivity contribution in [3.05, 3.63) is 60.2 Å². The number of Topliss-reactive ketones (excluding diaryl/α,β-unsaturated/α-hetero) is 1. The van der Waals surface area contributed by atoms with E-state index in [2.05, 4.69) is 0 Å². The highest BCUT2D eigenvalue weighted by Gasteiger charge is 2.10. The van der Waals surface area contributed by atoms with Crippen molar-refractivity contribution >= 4 is 11.7 Å². The summed E-state index contributed by atoms with van der Waals surface area (Å²) >= 11 is 0. The standard InChI is InChI=1S/C20H23NO4/c21-20(24)19(23)10-6-2-5-9-18(22)15-11-13-17(14-12-15)25-16-7-3-1-4-8-16/h1,3-4,7-8,11-14,19,23H,2,5-6,9-10H2,(H2,21,24). The molecule has 0 radical (unpaired) electrons. The maximum Gasteiger partial charge on any atom is 0.246 e. The maximum atomic E-state index is 12.2. The fourth-order valence-corrected chi connectivity index (χ4v) is 2.42. The van der Waals surface area contributed by atoms with Crippen LogP contribution in [0.5, 0.6) is 11.5 Å². The summed E-state index contributed by atoms with van der Waals surface area (Å²) in [6.45, 7) is 0. The number of ketones is 1. The third-order valence-corrected chi connectivity index (χ3v) is 3.87. The van der Waals surface area contributed by atoms with E-state index in [1.807, 2.05) is 30.3 Å². The molecule has 0 heterocycles. The summed E-state index contributed by atoms with van der Waals surface area (Å²) in [5.74, 6) is 0.804. The minimum Gasteiger partial charge on any atom is -0.457 e. The number of aliphatic hydroxyl groups excluding tert-OH is 1. The predicted molar refractivity (Wildman–Crippen MR) is 95.6 cm³/mol. The van der Waals surface area contributed by atoms with Crippen molar-refractivity contribution in [3.8, 4) is 11.5 Å². The number of carbonyl (C=O) groups is 2. The highest BCUT2D eigenvalue weighted by molar-refractivity contribution is 5.96. The van der Waals surface area contributed by atoms with Gasteiger partial charge in [-0.15, -0.1) is 0 Å². The molecule has 0 aliphatic carbocycles. The molecule has 3 N–H and O–H groups in total. The molecule has 1 amide bonds. The molecule has 25 heavy (non-hydrogen) atoms. The highest BCUT2D eigenvalue weighted by Crippen LogP contribution is 2.21. The largest absolute Gasteiger partial charge is 0.457 e. The minimum atomic E-state index is -1.09. The molecule has 1 unspecified atom stereocenters. The summed E-state index contributed by atoms with van der Waals surface area (Å²) in [5.41, 5.74) is 5.63. The Morgan fingerprint density at radius 3 is 2.20 bits per heavy atom. The molecule has 5 nitrogen and oxygen atoms in total. The number of benzene rings is 2. The molecule has 0 aliphatic rings. The van der Waals surface area contributed by atoms with Crippen LogP contribution in [0, 0.1) is 0 Å². The zero-order valence-electron chi connectivity index (χ0n) is 14.1. The predicted octanol–water partition coefficient (Wildman–Crippen LogP) is 3.46. The monoisotopic (exact) mass is 341 g/mol. The van der Waals surface area contributed by atoms with Crippen LogP contribution >= 0.6 is 0 Å². The van der Waals surface area contributed by atoms with E-state index in [1.165, 1.54) is 0 Å². The highest BCUT2D eigenvalue weighted by atomic mass is 16.5. The van der Waals surface area contributed by atoms with E-state index in [4.69, 9.17) is 10.5 Å².